The third-order valence-electron chi connectivity index (χ3n) is 4.59. The molecular weight excluding hydrogens is 384 g/mol. The van der Waals surface area contributed by atoms with Crippen molar-refractivity contribution in [3.63, 3.8) is 0 Å². The lowest BCUT2D eigenvalue weighted by molar-refractivity contribution is -0.114. The van der Waals surface area contributed by atoms with Gasteiger partial charge in [-0.15, -0.1) is 0 Å². The molecule has 0 atom stereocenters. The Morgan fingerprint density at radius 3 is 2.41 bits per heavy atom. The van der Waals surface area contributed by atoms with Gasteiger partial charge in [-0.1, -0.05) is 60.1 Å². The summed E-state index contributed by atoms with van der Waals surface area (Å²) in [5.74, 6) is 0.539. The Bertz CT molecular complexity index is 1090. The minimum Gasteiger partial charge on any atom is -0.488 e. The van der Waals surface area contributed by atoms with Gasteiger partial charge >= 0.3 is 0 Å². The molecule has 0 unspecified atom stereocenters. The third-order valence-corrected chi connectivity index (χ3v) is 4.84. The average Bonchev–Trinajstić information content (AvgIpc) is 3.03. The number of benzene rings is 3. The first-order chi connectivity index (χ1) is 14.1. The molecule has 1 heterocycles. The highest BCUT2D eigenvalue weighted by atomic mass is 35.5. The maximum absolute atomic E-state index is 13.0. The molecule has 0 saturated carbocycles. The number of para-hydroxylation sites is 1. The van der Waals surface area contributed by atoms with E-state index in [0.29, 0.717) is 28.6 Å². The number of carbonyl (C=O) groups excluding carboxylic acids is 1. The van der Waals surface area contributed by atoms with Crippen LogP contribution in [0.4, 0.5) is 5.69 Å². The molecule has 0 aliphatic carbocycles. The lowest BCUT2D eigenvalue weighted by atomic mass is 10.1. The van der Waals surface area contributed by atoms with Crippen LogP contribution < -0.4 is 9.75 Å². The highest BCUT2D eigenvalue weighted by Crippen LogP contribution is 2.28. The normalized spacial score (nSPS) is 15.0. The van der Waals surface area contributed by atoms with Gasteiger partial charge in [0.05, 0.1) is 17.0 Å². The first-order valence-corrected chi connectivity index (χ1v) is 9.62. The van der Waals surface area contributed by atoms with Crippen molar-refractivity contribution in [2.45, 2.75) is 13.5 Å². The van der Waals surface area contributed by atoms with E-state index in [1.165, 1.54) is 5.01 Å². The number of hydrazone groups is 1. The molecule has 4 nitrogen and oxygen atoms in total. The van der Waals surface area contributed by atoms with Gasteiger partial charge in [0.15, 0.2) is 0 Å². The van der Waals surface area contributed by atoms with Crippen molar-refractivity contribution in [3.8, 4) is 5.75 Å². The van der Waals surface area contributed by atoms with Crippen LogP contribution in [0.25, 0.3) is 6.08 Å². The monoisotopic (exact) mass is 402 g/mol. The summed E-state index contributed by atoms with van der Waals surface area (Å²) in [5.41, 5.74) is 3.78. The number of hydrogen-bond acceptors (Lipinski definition) is 3. The fourth-order valence-electron chi connectivity index (χ4n) is 3.06. The van der Waals surface area contributed by atoms with Gasteiger partial charge in [-0.25, -0.2) is 0 Å². The van der Waals surface area contributed by atoms with Gasteiger partial charge in [-0.3, -0.25) is 4.79 Å². The highest BCUT2D eigenvalue weighted by molar-refractivity contribution is 6.32. The molecule has 0 bridgehead atoms. The number of carbonyl (C=O) groups is 1. The van der Waals surface area contributed by atoms with Gasteiger partial charge in [0.2, 0.25) is 0 Å². The van der Waals surface area contributed by atoms with Crippen LogP contribution >= 0.6 is 11.6 Å². The number of nitrogens with zero attached hydrogens (tertiary/aromatic N) is 2. The average molecular weight is 403 g/mol. The van der Waals surface area contributed by atoms with E-state index in [9.17, 15) is 4.79 Å². The number of ether oxygens (including phenoxy) is 1. The summed E-state index contributed by atoms with van der Waals surface area (Å²) in [6, 6.07) is 24.7. The largest absolute Gasteiger partial charge is 0.488 e. The SMILES string of the molecule is CC1=NN(c2ccc(Cl)cc2)C(=O)/C1=C/c1ccccc1OCc1ccccc1. The smallest absolute Gasteiger partial charge is 0.280 e. The minimum atomic E-state index is -0.178. The summed E-state index contributed by atoms with van der Waals surface area (Å²) in [7, 11) is 0. The van der Waals surface area contributed by atoms with E-state index in [4.69, 9.17) is 16.3 Å². The van der Waals surface area contributed by atoms with Gasteiger partial charge in [0.25, 0.3) is 5.91 Å². The van der Waals surface area contributed by atoms with Gasteiger partial charge in [-0.2, -0.15) is 10.1 Å². The molecule has 1 aliphatic heterocycles. The second kappa shape index (κ2) is 8.33. The molecule has 1 aliphatic rings. The summed E-state index contributed by atoms with van der Waals surface area (Å²) >= 11 is 5.95. The molecule has 3 aromatic rings. The van der Waals surface area contributed by atoms with Crippen LogP contribution in [0, 0.1) is 0 Å². The molecule has 4 rings (SSSR count). The Hall–Kier alpha value is -3.37. The number of amides is 1. The van der Waals surface area contributed by atoms with Crippen LogP contribution in [0.15, 0.2) is 89.5 Å². The second-order valence-corrected chi connectivity index (χ2v) is 7.09. The van der Waals surface area contributed by atoms with Crippen molar-refractivity contribution in [3.05, 3.63) is 101 Å². The Morgan fingerprint density at radius 1 is 0.966 bits per heavy atom. The van der Waals surface area contributed by atoms with E-state index in [-0.39, 0.29) is 5.91 Å². The number of hydrogen-bond donors (Lipinski definition) is 0. The zero-order chi connectivity index (χ0) is 20.2. The highest BCUT2D eigenvalue weighted by Gasteiger charge is 2.28. The van der Waals surface area contributed by atoms with Gasteiger partial charge in [-0.05, 0) is 48.9 Å². The first-order valence-electron chi connectivity index (χ1n) is 9.25. The van der Waals surface area contributed by atoms with Crippen LogP contribution in [0.5, 0.6) is 5.75 Å². The van der Waals surface area contributed by atoms with Crippen molar-refractivity contribution < 1.29 is 9.53 Å². The van der Waals surface area contributed by atoms with Gasteiger partial charge < -0.3 is 4.74 Å². The van der Waals surface area contributed by atoms with E-state index >= 15 is 0 Å². The van der Waals surface area contributed by atoms with Crippen molar-refractivity contribution in [1.29, 1.82) is 0 Å². The Kier molecular flexibility index (Phi) is 5.45. The van der Waals surface area contributed by atoms with Crippen LogP contribution in [-0.2, 0) is 11.4 Å². The number of halogens is 1. The minimum absolute atomic E-state index is 0.178. The Labute approximate surface area is 174 Å². The molecule has 0 saturated heterocycles. The number of rotatable bonds is 5. The molecule has 0 spiro atoms. The first kappa shape index (κ1) is 19.0. The third kappa shape index (κ3) is 4.23. The molecule has 1 amide bonds. The topological polar surface area (TPSA) is 41.9 Å². The molecule has 29 heavy (non-hydrogen) atoms. The van der Waals surface area contributed by atoms with E-state index < -0.39 is 0 Å². The summed E-state index contributed by atoms with van der Waals surface area (Å²) in [6.45, 7) is 2.28. The van der Waals surface area contributed by atoms with Crippen molar-refractivity contribution in [2.75, 3.05) is 5.01 Å². The van der Waals surface area contributed by atoms with Gasteiger partial charge in [0.1, 0.15) is 12.4 Å². The molecule has 0 N–H and O–H groups in total. The molecule has 0 radical (unpaired) electrons. The molecule has 3 aromatic carbocycles. The lowest BCUT2D eigenvalue weighted by Gasteiger charge is -2.12. The quantitative estimate of drug-likeness (QED) is 0.512. The molecule has 5 heteroatoms. The number of anilines is 1. The second-order valence-electron chi connectivity index (χ2n) is 6.65. The predicted molar refractivity (Wildman–Crippen MR) is 117 cm³/mol. The fourth-order valence-corrected chi connectivity index (χ4v) is 3.19. The van der Waals surface area contributed by atoms with E-state index in [2.05, 4.69) is 5.10 Å². The predicted octanol–water partition coefficient (Wildman–Crippen LogP) is 5.73. The summed E-state index contributed by atoms with van der Waals surface area (Å²) in [6.07, 6.45) is 1.83. The zero-order valence-electron chi connectivity index (χ0n) is 15.9. The Balaban J connectivity index is 1.59. The van der Waals surface area contributed by atoms with E-state index in [1.807, 2.05) is 67.6 Å². The maximum atomic E-state index is 13.0. The van der Waals surface area contributed by atoms with Gasteiger partial charge in [0, 0.05) is 10.6 Å². The summed E-state index contributed by atoms with van der Waals surface area (Å²) < 4.78 is 6.00. The molecule has 0 aromatic heterocycles. The van der Waals surface area contributed by atoms with E-state index in [0.717, 1.165) is 16.9 Å². The van der Waals surface area contributed by atoms with Crippen LogP contribution in [0.1, 0.15) is 18.1 Å². The van der Waals surface area contributed by atoms with Crippen LogP contribution in [0.2, 0.25) is 5.02 Å². The summed E-state index contributed by atoms with van der Waals surface area (Å²) in [5, 5.41) is 6.42. The van der Waals surface area contributed by atoms with Crippen LogP contribution in [0.3, 0.4) is 0 Å². The fraction of sp³-hybridized carbons (Fsp3) is 0.0833. The lowest BCUT2D eigenvalue weighted by Crippen LogP contribution is -2.21. The summed E-state index contributed by atoms with van der Waals surface area (Å²) in [4.78, 5) is 13.0. The van der Waals surface area contributed by atoms with Crippen molar-refractivity contribution in [2.24, 2.45) is 5.10 Å². The van der Waals surface area contributed by atoms with E-state index in [1.54, 1.807) is 24.3 Å². The van der Waals surface area contributed by atoms with Crippen molar-refractivity contribution in [1.82, 2.24) is 0 Å². The molecule has 144 valence electrons. The Morgan fingerprint density at radius 2 is 1.66 bits per heavy atom. The van der Waals surface area contributed by atoms with Crippen LogP contribution in [-0.4, -0.2) is 11.6 Å². The molecular formula is C24H19ClN2O2. The maximum Gasteiger partial charge on any atom is 0.280 e. The molecule has 0 fully saturated rings. The standard InChI is InChI=1S/C24H19ClN2O2/c1-17-22(24(28)27(26-17)21-13-11-20(25)12-14-21)15-19-9-5-6-10-23(19)29-16-18-7-3-2-4-8-18/h2-15H,16H2,1H3/b22-15+. The van der Waals surface area contributed by atoms with Crippen molar-refractivity contribution >= 4 is 35.0 Å². The zero-order valence-corrected chi connectivity index (χ0v) is 16.6.